The van der Waals surface area contributed by atoms with Gasteiger partial charge in [-0.1, -0.05) is 22.0 Å². The summed E-state index contributed by atoms with van der Waals surface area (Å²) < 4.78 is 11.0. The van der Waals surface area contributed by atoms with Crippen molar-refractivity contribution >= 4 is 21.8 Å². The van der Waals surface area contributed by atoms with Crippen LogP contribution in [0.25, 0.3) is 0 Å². The number of amides is 1. The number of aliphatic hydroxyl groups excluding tert-OH is 2. The molecule has 0 aromatic rings. The van der Waals surface area contributed by atoms with Crippen LogP contribution in [0.15, 0.2) is 12.7 Å². The van der Waals surface area contributed by atoms with Crippen LogP contribution in [0.4, 0.5) is 0 Å². The van der Waals surface area contributed by atoms with Crippen molar-refractivity contribution in [2.24, 2.45) is 0 Å². The quantitative estimate of drug-likeness (QED) is 0.333. The molecule has 1 amide bonds. The van der Waals surface area contributed by atoms with Gasteiger partial charge >= 0.3 is 0 Å². The molecule has 1 aliphatic heterocycles. The first-order valence-electron chi connectivity index (χ1n) is 6.63. The van der Waals surface area contributed by atoms with Gasteiger partial charge in [-0.3, -0.25) is 4.79 Å². The minimum Gasteiger partial charge on any atom is -0.394 e. The van der Waals surface area contributed by atoms with Crippen LogP contribution in [-0.4, -0.2) is 69.9 Å². The predicted molar refractivity (Wildman–Crippen MR) is 78.9 cm³/mol. The fourth-order valence-electron chi connectivity index (χ4n) is 2.46. The summed E-state index contributed by atoms with van der Waals surface area (Å²) >= 11 is 3.21. The highest BCUT2D eigenvalue weighted by atomic mass is 79.9. The molecule has 0 unspecified atom stereocenters. The predicted octanol–water partition coefficient (Wildman–Crippen LogP) is -0.712. The molecule has 8 heteroatoms. The molecule has 5 atom stereocenters. The largest absolute Gasteiger partial charge is 0.394 e. The van der Waals surface area contributed by atoms with Crippen molar-refractivity contribution in [2.75, 3.05) is 18.5 Å². The van der Waals surface area contributed by atoms with Crippen LogP contribution in [0.3, 0.4) is 0 Å². The van der Waals surface area contributed by atoms with Gasteiger partial charge in [-0.25, -0.2) is 0 Å². The molecule has 0 bridgehead atoms. The number of halogens is 1. The van der Waals surface area contributed by atoms with E-state index in [2.05, 4.69) is 27.8 Å². The smallest absolute Gasteiger partial charge is 0.217 e. The Morgan fingerprint density at radius 1 is 1.67 bits per heavy atom. The molecule has 7 nitrogen and oxygen atoms in total. The second-order valence-corrected chi connectivity index (χ2v) is 5.69. The molecule has 0 spiro atoms. The van der Waals surface area contributed by atoms with Gasteiger partial charge in [0, 0.05) is 12.3 Å². The molecule has 1 heterocycles. The summed E-state index contributed by atoms with van der Waals surface area (Å²) in [6, 6.07) is -0.877. The Hall–Kier alpha value is -0.510. The van der Waals surface area contributed by atoms with Crippen molar-refractivity contribution in [1.29, 1.82) is 0 Å². The van der Waals surface area contributed by atoms with Gasteiger partial charge in [0.25, 0.3) is 0 Å². The summed E-state index contributed by atoms with van der Waals surface area (Å²) in [7, 11) is 0. The first-order chi connectivity index (χ1) is 9.90. The first kappa shape index (κ1) is 18.5. The zero-order valence-corrected chi connectivity index (χ0v) is 13.5. The maximum atomic E-state index is 11.4. The van der Waals surface area contributed by atoms with Gasteiger partial charge in [0.1, 0.15) is 23.9 Å². The summed E-state index contributed by atoms with van der Waals surface area (Å²) in [5.41, 5.74) is -1.62. The van der Waals surface area contributed by atoms with E-state index in [4.69, 9.17) is 14.6 Å². The number of aliphatic hydroxyl groups is 3. The molecule has 0 aromatic heterocycles. The van der Waals surface area contributed by atoms with E-state index in [0.29, 0.717) is 11.9 Å². The normalized spacial score (nSPS) is 33.7. The number of alkyl halides is 1. The molecule has 1 aliphatic rings. The molecule has 0 saturated carbocycles. The lowest BCUT2D eigenvalue weighted by Gasteiger charge is -2.34. The number of carbonyl (C=O) groups is 1. The average Bonchev–Trinajstić information content (AvgIpc) is 2.69. The molecule has 0 aliphatic carbocycles. The minimum atomic E-state index is -1.62. The highest BCUT2D eigenvalue weighted by Crippen LogP contribution is 2.36. The van der Waals surface area contributed by atoms with Crippen molar-refractivity contribution in [2.45, 2.75) is 43.5 Å². The molecule has 122 valence electrons. The summed E-state index contributed by atoms with van der Waals surface area (Å²) in [6.45, 7) is 4.60. The van der Waals surface area contributed by atoms with Crippen LogP contribution < -0.4 is 5.32 Å². The van der Waals surface area contributed by atoms with Gasteiger partial charge in [-0.15, -0.1) is 6.58 Å². The summed E-state index contributed by atoms with van der Waals surface area (Å²) in [5, 5.41) is 33.0. The van der Waals surface area contributed by atoms with E-state index in [1.165, 1.54) is 13.0 Å². The van der Waals surface area contributed by atoms with E-state index in [9.17, 15) is 15.0 Å². The number of carbonyl (C=O) groups excluding carboxylic acids is 1. The zero-order chi connectivity index (χ0) is 16.0. The average molecular weight is 368 g/mol. The van der Waals surface area contributed by atoms with Gasteiger partial charge in [0.05, 0.1) is 13.2 Å². The van der Waals surface area contributed by atoms with Crippen molar-refractivity contribution in [3.8, 4) is 0 Å². The topological polar surface area (TPSA) is 108 Å². The van der Waals surface area contributed by atoms with Crippen LogP contribution in [0, 0.1) is 0 Å². The molecule has 1 saturated heterocycles. The zero-order valence-electron chi connectivity index (χ0n) is 11.9. The highest BCUT2D eigenvalue weighted by molar-refractivity contribution is 9.09. The third-order valence-corrected chi connectivity index (χ3v) is 3.63. The fourth-order valence-corrected chi connectivity index (χ4v) is 2.64. The lowest BCUT2D eigenvalue weighted by Crippen LogP contribution is -2.59. The summed E-state index contributed by atoms with van der Waals surface area (Å²) in [4.78, 5) is 11.4. The number of rotatable bonds is 8. The lowest BCUT2D eigenvalue weighted by atomic mass is 9.84. The third-order valence-electron chi connectivity index (χ3n) is 3.31. The van der Waals surface area contributed by atoms with Crippen molar-refractivity contribution in [3.05, 3.63) is 12.7 Å². The third kappa shape index (κ3) is 4.24. The Labute approximate surface area is 132 Å². The van der Waals surface area contributed by atoms with Gasteiger partial charge < -0.3 is 30.1 Å². The van der Waals surface area contributed by atoms with E-state index in [-0.39, 0.29) is 12.3 Å². The maximum absolute atomic E-state index is 11.4. The van der Waals surface area contributed by atoms with Crippen LogP contribution >= 0.6 is 15.9 Å². The minimum absolute atomic E-state index is 0.0633. The monoisotopic (exact) mass is 367 g/mol. The Balaban J connectivity index is 3.06. The van der Waals surface area contributed by atoms with Crippen LogP contribution in [-0.2, 0) is 14.3 Å². The maximum Gasteiger partial charge on any atom is 0.217 e. The molecule has 4 N–H and O–H groups in total. The second-order valence-electron chi connectivity index (χ2n) is 4.90. The first-order valence-corrected chi connectivity index (χ1v) is 7.75. The van der Waals surface area contributed by atoms with Gasteiger partial charge in [0.2, 0.25) is 5.91 Å². The Morgan fingerprint density at radius 3 is 2.81 bits per heavy atom. The SMILES string of the molecule is C=CC[C@@]1(O)[C@H](NC(C)=O)[C@@H](OCCBr)O[C@@H]1[C@H](O)CO. The van der Waals surface area contributed by atoms with E-state index >= 15 is 0 Å². The Morgan fingerprint density at radius 2 is 2.33 bits per heavy atom. The highest BCUT2D eigenvalue weighted by Gasteiger charge is 2.58. The Kier molecular flexibility index (Phi) is 7.25. The molecular weight excluding hydrogens is 346 g/mol. The Bertz CT molecular complexity index is 369. The summed E-state index contributed by atoms with van der Waals surface area (Å²) in [6.07, 6.45) is -1.81. The second kappa shape index (κ2) is 8.21. The fraction of sp³-hybridized carbons (Fsp3) is 0.769. The van der Waals surface area contributed by atoms with Gasteiger partial charge in [-0.05, 0) is 6.42 Å². The number of hydrogen-bond donors (Lipinski definition) is 4. The van der Waals surface area contributed by atoms with Crippen LogP contribution in [0.2, 0.25) is 0 Å². The van der Waals surface area contributed by atoms with E-state index in [1.54, 1.807) is 0 Å². The van der Waals surface area contributed by atoms with E-state index in [0.717, 1.165) is 0 Å². The van der Waals surface area contributed by atoms with Gasteiger partial charge in [-0.2, -0.15) is 0 Å². The van der Waals surface area contributed by atoms with Crippen LogP contribution in [0.1, 0.15) is 13.3 Å². The number of hydrogen-bond acceptors (Lipinski definition) is 6. The molecule has 1 fully saturated rings. The molecule has 0 aromatic carbocycles. The molecule has 21 heavy (non-hydrogen) atoms. The van der Waals surface area contributed by atoms with E-state index in [1.807, 2.05) is 0 Å². The van der Waals surface area contributed by atoms with Crippen molar-refractivity contribution in [3.63, 3.8) is 0 Å². The van der Waals surface area contributed by atoms with Crippen molar-refractivity contribution < 1.29 is 29.6 Å². The number of ether oxygens (including phenoxy) is 2. The molecule has 0 radical (unpaired) electrons. The number of nitrogens with one attached hydrogen (secondary N) is 1. The van der Waals surface area contributed by atoms with Crippen LogP contribution in [0.5, 0.6) is 0 Å². The van der Waals surface area contributed by atoms with Gasteiger partial charge in [0.15, 0.2) is 6.29 Å². The molecular formula is C13H22BrNO6. The summed E-state index contributed by atoms with van der Waals surface area (Å²) in [5.74, 6) is -0.363. The lowest BCUT2D eigenvalue weighted by molar-refractivity contribution is -0.171. The molecule has 1 rings (SSSR count). The standard InChI is InChI=1S/C13H22BrNO6/c1-3-4-13(19)10(15-8(2)17)12(20-6-5-14)21-11(13)9(18)7-16/h3,9-12,16,18-19H,1,4-7H2,2H3,(H,15,17)/t9-,10-,11-,12+,13-/m1/s1. The van der Waals surface area contributed by atoms with E-state index < -0.39 is 36.7 Å². The van der Waals surface area contributed by atoms with Crippen molar-refractivity contribution in [1.82, 2.24) is 5.32 Å².